The summed E-state index contributed by atoms with van der Waals surface area (Å²) in [4.78, 5) is 43.5. The maximum atomic E-state index is 11.8. The van der Waals surface area contributed by atoms with Crippen molar-refractivity contribution in [1.29, 1.82) is 0 Å². The first kappa shape index (κ1) is 23.1. The predicted molar refractivity (Wildman–Crippen MR) is 115 cm³/mol. The average Bonchev–Trinajstić information content (AvgIpc) is 2.76. The summed E-state index contributed by atoms with van der Waals surface area (Å²) >= 11 is 0. The number of hydrogen-bond donors (Lipinski definition) is 3. The molecule has 1 unspecified atom stereocenters. The normalized spacial score (nSPS) is 16.6. The van der Waals surface area contributed by atoms with Gasteiger partial charge in [0.15, 0.2) is 0 Å². The Hall–Kier alpha value is -3.54. The monoisotopic (exact) mass is 445 g/mol. The third-order valence-corrected chi connectivity index (χ3v) is 4.65. The molecule has 0 radical (unpaired) electrons. The van der Waals surface area contributed by atoms with Crippen molar-refractivity contribution in [3.8, 4) is 0 Å². The first-order chi connectivity index (χ1) is 15.2. The van der Waals surface area contributed by atoms with Gasteiger partial charge < -0.3 is 30.1 Å². The van der Waals surface area contributed by atoms with Crippen LogP contribution in [0.5, 0.6) is 0 Å². The molecule has 12 nitrogen and oxygen atoms in total. The van der Waals surface area contributed by atoms with E-state index in [1.807, 2.05) is 9.80 Å². The second-order valence-corrected chi connectivity index (χ2v) is 8.30. The van der Waals surface area contributed by atoms with Crippen molar-refractivity contribution >= 4 is 24.0 Å². The molecule has 32 heavy (non-hydrogen) atoms. The predicted octanol–water partition coefficient (Wildman–Crippen LogP) is 0.677. The highest BCUT2D eigenvalue weighted by molar-refractivity contribution is 5.86. The van der Waals surface area contributed by atoms with Gasteiger partial charge in [0.1, 0.15) is 5.60 Å². The lowest BCUT2D eigenvalue weighted by molar-refractivity contribution is 0.0522. The quantitative estimate of drug-likeness (QED) is 0.575. The van der Waals surface area contributed by atoms with E-state index in [2.05, 4.69) is 25.3 Å². The van der Waals surface area contributed by atoms with E-state index in [0.29, 0.717) is 37.1 Å². The summed E-state index contributed by atoms with van der Waals surface area (Å²) in [5, 5.41) is 21.5. The lowest BCUT2D eigenvalue weighted by Gasteiger charge is -2.40. The van der Waals surface area contributed by atoms with E-state index >= 15 is 0 Å². The molecule has 0 bridgehead atoms. The number of amides is 1. The number of rotatable bonds is 6. The number of carboxylic acid groups (broad SMARTS) is 1. The Kier molecular flexibility index (Phi) is 7.03. The molecule has 172 valence electrons. The van der Waals surface area contributed by atoms with Crippen molar-refractivity contribution in [3.63, 3.8) is 0 Å². The molecule has 3 rings (SSSR count). The summed E-state index contributed by atoms with van der Waals surface area (Å²) < 4.78 is 5.20. The van der Waals surface area contributed by atoms with Crippen LogP contribution in [0.3, 0.4) is 0 Å². The molecule has 3 N–H and O–H groups in total. The van der Waals surface area contributed by atoms with Gasteiger partial charge >= 0.3 is 12.1 Å². The van der Waals surface area contributed by atoms with E-state index in [0.717, 1.165) is 0 Å². The van der Waals surface area contributed by atoms with Crippen molar-refractivity contribution < 1.29 is 24.5 Å². The molecule has 1 fully saturated rings. The second-order valence-electron chi connectivity index (χ2n) is 8.30. The zero-order valence-electron chi connectivity index (χ0n) is 18.2. The van der Waals surface area contributed by atoms with Crippen LogP contribution in [0, 0.1) is 0 Å². The highest BCUT2D eigenvalue weighted by Crippen LogP contribution is 2.19. The summed E-state index contributed by atoms with van der Waals surface area (Å²) in [5.74, 6) is -0.221. The van der Waals surface area contributed by atoms with Crippen molar-refractivity contribution in [2.45, 2.75) is 39.0 Å². The van der Waals surface area contributed by atoms with Crippen molar-refractivity contribution in [2.75, 3.05) is 36.0 Å². The number of carbonyl (C=O) groups excluding carboxylic acids is 1. The Morgan fingerprint density at radius 3 is 2.28 bits per heavy atom. The van der Waals surface area contributed by atoms with Gasteiger partial charge in [-0.2, -0.15) is 0 Å². The summed E-state index contributed by atoms with van der Waals surface area (Å²) in [6, 6.07) is -0.294. The number of aliphatic hydroxyl groups excluding tert-OH is 1. The highest BCUT2D eigenvalue weighted by Gasteiger charge is 2.29. The van der Waals surface area contributed by atoms with E-state index in [4.69, 9.17) is 9.84 Å². The SMILES string of the molecule is CC(C)(C)OC(=O)NCc1cnc(N2CCN(c3ncc(C(=O)O)cn3)CC2CO)nc1. The minimum absolute atomic E-state index is 0.0146. The van der Waals surface area contributed by atoms with Crippen LogP contribution in [0.1, 0.15) is 36.7 Å². The van der Waals surface area contributed by atoms with Crippen LogP contribution in [0.25, 0.3) is 0 Å². The van der Waals surface area contributed by atoms with Crippen LogP contribution >= 0.6 is 0 Å². The molecule has 0 aromatic carbocycles. The average molecular weight is 445 g/mol. The summed E-state index contributed by atoms with van der Waals surface area (Å²) in [6.07, 6.45) is 5.25. The lowest BCUT2D eigenvalue weighted by atomic mass is 10.2. The fourth-order valence-corrected chi connectivity index (χ4v) is 3.13. The Labute approximate surface area is 185 Å². The Morgan fingerprint density at radius 1 is 1.09 bits per heavy atom. The van der Waals surface area contributed by atoms with E-state index in [1.165, 1.54) is 12.4 Å². The summed E-state index contributed by atoms with van der Waals surface area (Å²) in [7, 11) is 0. The number of carbonyl (C=O) groups is 2. The summed E-state index contributed by atoms with van der Waals surface area (Å²) in [6.45, 7) is 6.97. The fourth-order valence-electron chi connectivity index (χ4n) is 3.13. The molecule has 1 saturated heterocycles. The molecule has 2 aromatic heterocycles. The number of aromatic carboxylic acids is 1. The number of ether oxygens (including phenoxy) is 1. The van der Waals surface area contributed by atoms with E-state index in [9.17, 15) is 14.7 Å². The van der Waals surface area contributed by atoms with Crippen molar-refractivity contribution in [1.82, 2.24) is 25.3 Å². The first-order valence-corrected chi connectivity index (χ1v) is 10.1. The van der Waals surface area contributed by atoms with Crippen molar-refractivity contribution in [3.05, 3.63) is 35.9 Å². The topological polar surface area (TPSA) is 154 Å². The number of hydrogen-bond acceptors (Lipinski definition) is 10. The molecule has 0 saturated carbocycles. The zero-order valence-corrected chi connectivity index (χ0v) is 18.2. The molecule has 12 heteroatoms. The van der Waals surface area contributed by atoms with Gasteiger partial charge in [0.2, 0.25) is 11.9 Å². The number of piperazine rings is 1. The van der Waals surface area contributed by atoms with E-state index in [1.54, 1.807) is 33.2 Å². The van der Waals surface area contributed by atoms with Gasteiger partial charge in [-0.1, -0.05) is 0 Å². The third kappa shape index (κ3) is 6.00. The van der Waals surface area contributed by atoms with Crippen molar-refractivity contribution in [2.24, 2.45) is 0 Å². The van der Waals surface area contributed by atoms with Gasteiger partial charge in [0.25, 0.3) is 0 Å². The summed E-state index contributed by atoms with van der Waals surface area (Å²) in [5.41, 5.74) is 0.154. The van der Waals surface area contributed by atoms with E-state index < -0.39 is 17.7 Å². The van der Waals surface area contributed by atoms with Crippen LogP contribution < -0.4 is 15.1 Å². The number of aromatic nitrogens is 4. The van der Waals surface area contributed by atoms with Crippen LogP contribution in [0.2, 0.25) is 0 Å². The minimum Gasteiger partial charge on any atom is -0.478 e. The number of carboxylic acids is 1. The minimum atomic E-state index is -1.09. The number of anilines is 2. The Morgan fingerprint density at radius 2 is 1.72 bits per heavy atom. The number of nitrogens with zero attached hydrogens (tertiary/aromatic N) is 6. The lowest BCUT2D eigenvalue weighted by Crippen LogP contribution is -2.56. The first-order valence-electron chi connectivity index (χ1n) is 10.1. The fraction of sp³-hybridized carbons (Fsp3) is 0.500. The number of aliphatic hydroxyl groups is 1. The Balaban J connectivity index is 1.59. The largest absolute Gasteiger partial charge is 0.478 e. The third-order valence-electron chi connectivity index (χ3n) is 4.65. The van der Waals surface area contributed by atoms with Gasteiger partial charge in [-0.05, 0) is 20.8 Å². The smallest absolute Gasteiger partial charge is 0.407 e. The van der Waals surface area contributed by atoms with Gasteiger partial charge in [0.05, 0.1) is 18.2 Å². The molecule has 0 spiro atoms. The van der Waals surface area contributed by atoms with Gasteiger partial charge in [0, 0.05) is 56.5 Å². The standard InChI is InChI=1S/C20H27N7O5/c1-20(2,3)32-19(31)25-8-13-6-21-18(22-7-13)27-5-4-26(11-15(27)12-28)17-23-9-14(10-24-17)16(29)30/h6-7,9-10,15,28H,4-5,8,11-12H2,1-3H3,(H,25,31)(H,29,30). The molecule has 1 atom stereocenters. The molecular weight excluding hydrogens is 418 g/mol. The van der Waals surface area contributed by atoms with Gasteiger partial charge in [-0.15, -0.1) is 0 Å². The highest BCUT2D eigenvalue weighted by atomic mass is 16.6. The maximum Gasteiger partial charge on any atom is 0.407 e. The van der Waals surface area contributed by atoms with Crippen LogP contribution in [0.15, 0.2) is 24.8 Å². The van der Waals surface area contributed by atoms with E-state index in [-0.39, 0.29) is 24.8 Å². The molecule has 1 amide bonds. The zero-order chi connectivity index (χ0) is 23.3. The maximum absolute atomic E-state index is 11.8. The van der Waals surface area contributed by atoms with Crippen LogP contribution in [0.4, 0.5) is 16.7 Å². The Bertz CT molecular complexity index is 931. The second kappa shape index (κ2) is 9.73. The number of nitrogens with one attached hydrogen (secondary N) is 1. The molecule has 1 aliphatic rings. The van der Waals surface area contributed by atoms with Crippen LogP contribution in [-0.2, 0) is 11.3 Å². The van der Waals surface area contributed by atoms with Gasteiger partial charge in [-0.25, -0.2) is 29.5 Å². The molecule has 3 heterocycles. The molecule has 2 aromatic rings. The van der Waals surface area contributed by atoms with Gasteiger partial charge in [-0.3, -0.25) is 0 Å². The number of alkyl carbamates (subject to hydrolysis) is 1. The van der Waals surface area contributed by atoms with Crippen LogP contribution in [-0.4, -0.2) is 80.1 Å². The molecule has 0 aliphatic carbocycles. The molecular formula is C20H27N7O5. The molecule has 1 aliphatic heterocycles.